The molecule has 0 saturated carbocycles. The number of benzene rings is 1. The lowest BCUT2D eigenvalue weighted by molar-refractivity contribution is -0.137. The zero-order chi connectivity index (χ0) is 10.8. The number of anilines is 1. The molecule has 0 aliphatic rings. The van der Waals surface area contributed by atoms with Crippen molar-refractivity contribution in [2.75, 3.05) is 5.32 Å². The highest BCUT2D eigenvalue weighted by molar-refractivity contribution is 6.34. The van der Waals surface area contributed by atoms with Crippen LogP contribution < -0.4 is 5.32 Å². The number of carbonyl (C=O) groups is 1. The van der Waals surface area contributed by atoms with Gasteiger partial charge in [0.15, 0.2) is 0 Å². The van der Waals surface area contributed by atoms with Gasteiger partial charge in [-0.3, -0.25) is 4.79 Å². The third-order valence-corrected chi connectivity index (χ3v) is 1.93. The summed E-state index contributed by atoms with van der Waals surface area (Å²) in [5, 5.41) is 1.57. The molecule has 0 heterocycles. The average molecular weight is 224 g/mol. The Morgan fingerprint density at radius 2 is 2.00 bits per heavy atom. The third-order valence-electron chi connectivity index (χ3n) is 1.52. The number of nitrogens with one attached hydrogen (secondary N) is 1. The van der Waals surface area contributed by atoms with E-state index in [4.69, 9.17) is 11.6 Å². The van der Waals surface area contributed by atoms with Crippen LogP contribution in [-0.2, 0) is 11.0 Å². The number of carbonyl (C=O) groups excluding carboxylic acids is 1. The van der Waals surface area contributed by atoms with E-state index in [1.54, 1.807) is 0 Å². The van der Waals surface area contributed by atoms with Crippen LogP contribution in [-0.4, -0.2) is 6.41 Å². The van der Waals surface area contributed by atoms with Gasteiger partial charge in [-0.15, -0.1) is 0 Å². The SMILES string of the molecule is O=CNc1cccc(C(F)(F)F)c1Cl. The van der Waals surface area contributed by atoms with Crippen molar-refractivity contribution in [3.8, 4) is 0 Å². The lowest BCUT2D eigenvalue weighted by Gasteiger charge is -2.11. The number of rotatable bonds is 2. The molecule has 0 unspecified atom stereocenters. The van der Waals surface area contributed by atoms with Crippen molar-refractivity contribution in [2.24, 2.45) is 0 Å². The van der Waals surface area contributed by atoms with Gasteiger partial charge in [-0.05, 0) is 12.1 Å². The molecule has 0 spiro atoms. The van der Waals surface area contributed by atoms with Crippen LogP contribution in [0.15, 0.2) is 18.2 Å². The van der Waals surface area contributed by atoms with Gasteiger partial charge in [0.2, 0.25) is 6.41 Å². The molecule has 0 radical (unpaired) electrons. The molecule has 1 N–H and O–H groups in total. The second kappa shape index (κ2) is 3.88. The van der Waals surface area contributed by atoms with Crippen LogP contribution in [0, 0.1) is 0 Å². The topological polar surface area (TPSA) is 29.1 Å². The standard InChI is InChI=1S/C8H5ClF3NO/c9-7-5(8(10,11)12)2-1-3-6(7)13-4-14/h1-4H,(H,13,14). The Kier molecular flexibility index (Phi) is 3.00. The highest BCUT2D eigenvalue weighted by atomic mass is 35.5. The van der Waals surface area contributed by atoms with Crippen LogP contribution in [0.3, 0.4) is 0 Å². The van der Waals surface area contributed by atoms with Crippen LogP contribution in [0.5, 0.6) is 0 Å². The van der Waals surface area contributed by atoms with Crippen molar-refractivity contribution in [3.63, 3.8) is 0 Å². The monoisotopic (exact) mass is 223 g/mol. The first-order chi connectivity index (χ1) is 6.46. The van der Waals surface area contributed by atoms with E-state index in [2.05, 4.69) is 5.32 Å². The van der Waals surface area contributed by atoms with Crippen LogP contribution in [0.1, 0.15) is 5.56 Å². The predicted octanol–water partition coefficient (Wildman–Crippen LogP) is 2.93. The fraction of sp³-hybridized carbons (Fsp3) is 0.125. The van der Waals surface area contributed by atoms with E-state index in [0.29, 0.717) is 0 Å². The van der Waals surface area contributed by atoms with Gasteiger partial charge in [0, 0.05) is 0 Å². The first kappa shape index (κ1) is 10.8. The summed E-state index contributed by atoms with van der Waals surface area (Å²) in [5.41, 5.74) is -1.03. The molecule has 1 aromatic carbocycles. The molecule has 0 atom stereocenters. The van der Waals surface area contributed by atoms with Gasteiger partial charge in [-0.1, -0.05) is 17.7 Å². The highest BCUT2D eigenvalue weighted by Crippen LogP contribution is 2.37. The Bertz CT molecular complexity index is 351. The second-order valence-corrected chi connectivity index (χ2v) is 2.81. The summed E-state index contributed by atoms with van der Waals surface area (Å²) in [6.45, 7) is 0. The molecule has 0 saturated heterocycles. The maximum Gasteiger partial charge on any atom is 0.417 e. The minimum absolute atomic E-state index is 0.0588. The smallest absolute Gasteiger partial charge is 0.327 e. The summed E-state index contributed by atoms with van der Waals surface area (Å²) in [5.74, 6) is 0. The molecular formula is C8H5ClF3NO. The van der Waals surface area contributed by atoms with Gasteiger partial charge >= 0.3 is 6.18 Å². The summed E-state index contributed by atoms with van der Waals surface area (Å²) in [4.78, 5) is 10.0. The van der Waals surface area contributed by atoms with Crippen molar-refractivity contribution in [1.82, 2.24) is 0 Å². The number of halogens is 4. The highest BCUT2D eigenvalue weighted by Gasteiger charge is 2.33. The quantitative estimate of drug-likeness (QED) is 0.768. The lowest BCUT2D eigenvalue weighted by atomic mass is 10.2. The summed E-state index contributed by atoms with van der Waals surface area (Å²) < 4.78 is 36.8. The fourth-order valence-corrected chi connectivity index (χ4v) is 1.21. The Morgan fingerprint density at radius 3 is 2.50 bits per heavy atom. The van der Waals surface area contributed by atoms with E-state index in [-0.39, 0.29) is 12.1 Å². The molecule has 76 valence electrons. The van der Waals surface area contributed by atoms with Gasteiger partial charge in [0.05, 0.1) is 16.3 Å². The molecule has 6 heteroatoms. The maximum atomic E-state index is 12.3. The van der Waals surface area contributed by atoms with Gasteiger partial charge < -0.3 is 5.32 Å². The lowest BCUT2D eigenvalue weighted by Crippen LogP contribution is -2.07. The van der Waals surface area contributed by atoms with E-state index in [1.165, 1.54) is 12.1 Å². The van der Waals surface area contributed by atoms with Gasteiger partial charge in [0.1, 0.15) is 0 Å². The third kappa shape index (κ3) is 2.17. The molecule has 0 aliphatic carbocycles. The second-order valence-electron chi connectivity index (χ2n) is 2.43. The Balaban J connectivity index is 3.20. The molecule has 0 bridgehead atoms. The number of amides is 1. The summed E-state index contributed by atoms with van der Waals surface area (Å²) in [7, 11) is 0. The van der Waals surface area contributed by atoms with E-state index in [0.717, 1.165) is 6.07 Å². The molecule has 0 fully saturated rings. The molecular weight excluding hydrogens is 219 g/mol. The van der Waals surface area contributed by atoms with E-state index in [1.807, 2.05) is 0 Å². The molecule has 1 rings (SSSR count). The maximum absolute atomic E-state index is 12.3. The zero-order valence-corrected chi connectivity index (χ0v) is 7.49. The van der Waals surface area contributed by atoms with Gasteiger partial charge in [-0.2, -0.15) is 13.2 Å². The molecule has 0 aliphatic heterocycles. The van der Waals surface area contributed by atoms with Gasteiger partial charge in [0.25, 0.3) is 0 Å². The number of hydrogen-bond acceptors (Lipinski definition) is 1. The minimum atomic E-state index is -4.52. The van der Waals surface area contributed by atoms with Crippen molar-refractivity contribution >= 4 is 23.7 Å². The summed E-state index contributed by atoms with van der Waals surface area (Å²) in [6.07, 6.45) is -4.25. The van der Waals surface area contributed by atoms with Crippen LogP contribution in [0.25, 0.3) is 0 Å². The van der Waals surface area contributed by atoms with Crippen LogP contribution in [0.2, 0.25) is 5.02 Å². The van der Waals surface area contributed by atoms with Crippen molar-refractivity contribution in [1.29, 1.82) is 0 Å². The largest absolute Gasteiger partial charge is 0.417 e. The van der Waals surface area contributed by atoms with Gasteiger partial charge in [-0.25, -0.2) is 0 Å². The molecule has 14 heavy (non-hydrogen) atoms. The van der Waals surface area contributed by atoms with Crippen molar-refractivity contribution < 1.29 is 18.0 Å². The molecule has 1 amide bonds. The molecule has 1 aromatic rings. The fourth-order valence-electron chi connectivity index (χ4n) is 0.926. The summed E-state index contributed by atoms with van der Waals surface area (Å²) in [6, 6.07) is 3.30. The average Bonchev–Trinajstić information content (AvgIpc) is 2.07. The minimum Gasteiger partial charge on any atom is -0.327 e. The number of hydrogen-bond donors (Lipinski definition) is 1. The Hall–Kier alpha value is -1.23. The first-order valence-electron chi connectivity index (χ1n) is 3.52. The van der Waals surface area contributed by atoms with Crippen molar-refractivity contribution in [2.45, 2.75) is 6.18 Å². The van der Waals surface area contributed by atoms with Crippen LogP contribution >= 0.6 is 11.6 Å². The number of alkyl halides is 3. The van der Waals surface area contributed by atoms with E-state index >= 15 is 0 Å². The molecule has 2 nitrogen and oxygen atoms in total. The first-order valence-corrected chi connectivity index (χ1v) is 3.90. The van der Waals surface area contributed by atoms with Crippen molar-refractivity contribution in [3.05, 3.63) is 28.8 Å². The van der Waals surface area contributed by atoms with E-state index < -0.39 is 16.8 Å². The van der Waals surface area contributed by atoms with E-state index in [9.17, 15) is 18.0 Å². The summed E-state index contributed by atoms with van der Waals surface area (Å²) >= 11 is 5.43. The Morgan fingerprint density at radius 1 is 1.36 bits per heavy atom. The molecule has 0 aromatic heterocycles. The van der Waals surface area contributed by atoms with Crippen LogP contribution in [0.4, 0.5) is 18.9 Å². The predicted molar refractivity (Wildman–Crippen MR) is 46.1 cm³/mol. The zero-order valence-electron chi connectivity index (χ0n) is 6.73. The Labute approximate surface area is 82.7 Å². The normalized spacial score (nSPS) is 11.1.